The van der Waals surface area contributed by atoms with Crippen LogP contribution in [-0.4, -0.2) is 10.8 Å². The molecule has 2 aromatic heterocycles. The Morgan fingerprint density at radius 3 is 2.31 bits per heavy atom. The molecule has 0 radical (unpaired) electrons. The average Bonchev–Trinajstić information content (AvgIpc) is 3.16. The van der Waals surface area contributed by atoms with Gasteiger partial charge in [0.15, 0.2) is 5.78 Å². The third-order valence-electron chi connectivity index (χ3n) is 3.47. The van der Waals surface area contributed by atoms with Crippen molar-refractivity contribution in [2.45, 2.75) is 19.0 Å². The van der Waals surface area contributed by atoms with Crippen molar-refractivity contribution in [3.63, 3.8) is 0 Å². The van der Waals surface area contributed by atoms with Crippen LogP contribution in [0.15, 0.2) is 70.3 Å². The Hall–Kier alpha value is -2.67. The van der Waals surface area contributed by atoms with Gasteiger partial charge in [-0.2, -0.15) is 24.5 Å². The van der Waals surface area contributed by atoms with Crippen LogP contribution in [0.25, 0.3) is 0 Å². The number of rotatable bonds is 4. The molecule has 0 saturated carbocycles. The zero-order valence-electron chi connectivity index (χ0n) is 13.6. The predicted molar refractivity (Wildman–Crippen MR) is 95.5 cm³/mol. The number of H-pyrrole nitrogens is 1. The van der Waals surface area contributed by atoms with Gasteiger partial charge in [0.05, 0.1) is 5.56 Å². The van der Waals surface area contributed by atoms with E-state index in [9.17, 15) is 22.8 Å². The summed E-state index contributed by atoms with van der Waals surface area (Å²) in [6, 6.07) is 11.7. The molecule has 136 valence electrons. The third-order valence-corrected chi connectivity index (χ3v) is 4.15. The molecule has 0 aliphatic carbocycles. The normalized spacial score (nSPS) is 10.7. The molecule has 1 aromatic carbocycles. The quantitative estimate of drug-likeness (QED) is 0.652. The molecule has 3 nitrogen and oxygen atoms in total. The lowest BCUT2D eigenvalue weighted by atomic mass is 10.1. The van der Waals surface area contributed by atoms with E-state index in [1.54, 1.807) is 24.4 Å². The van der Waals surface area contributed by atoms with Crippen molar-refractivity contribution in [1.82, 2.24) is 4.98 Å². The summed E-state index contributed by atoms with van der Waals surface area (Å²) in [4.78, 5) is 25.6. The number of hydrogen-bond donors (Lipinski definition) is 1. The van der Waals surface area contributed by atoms with Crippen LogP contribution in [0.2, 0.25) is 0 Å². The highest BCUT2D eigenvalue weighted by molar-refractivity contribution is 7.08. The summed E-state index contributed by atoms with van der Waals surface area (Å²) in [6.07, 6.45) is -1.75. The molecule has 3 rings (SSSR count). The van der Waals surface area contributed by atoms with Crippen LogP contribution in [0.3, 0.4) is 0 Å². The SMILES string of the molecule is FC(F)(F)c1ccccc1.O=C(CCc1ccc[nH]c1=O)c1ccsc1. The number of pyridine rings is 1. The Labute approximate surface area is 152 Å². The van der Waals surface area contributed by atoms with Gasteiger partial charge < -0.3 is 4.98 Å². The first kappa shape index (κ1) is 19.7. The number of aromatic amines is 1. The molecule has 3 aromatic rings. The first-order chi connectivity index (χ1) is 12.4. The lowest BCUT2D eigenvalue weighted by molar-refractivity contribution is -0.137. The molecular weight excluding hydrogens is 363 g/mol. The van der Waals surface area contributed by atoms with Crippen molar-refractivity contribution in [1.29, 1.82) is 0 Å². The molecule has 7 heteroatoms. The van der Waals surface area contributed by atoms with Crippen LogP contribution >= 0.6 is 11.3 Å². The number of carbonyl (C=O) groups excluding carboxylic acids is 1. The number of benzene rings is 1. The fourth-order valence-corrected chi connectivity index (χ4v) is 2.76. The van der Waals surface area contributed by atoms with Gasteiger partial charge in [0, 0.05) is 29.1 Å². The number of thiophene rings is 1. The number of alkyl halides is 3. The molecule has 0 spiro atoms. The van der Waals surface area contributed by atoms with Crippen molar-refractivity contribution >= 4 is 17.1 Å². The van der Waals surface area contributed by atoms with Crippen LogP contribution in [-0.2, 0) is 12.6 Å². The first-order valence-corrected chi connectivity index (χ1v) is 8.66. The molecule has 0 aliphatic rings. The summed E-state index contributed by atoms with van der Waals surface area (Å²) in [5.74, 6) is 0.0875. The number of nitrogens with one attached hydrogen (secondary N) is 1. The molecule has 0 atom stereocenters. The highest BCUT2D eigenvalue weighted by Gasteiger charge is 2.29. The van der Waals surface area contributed by atoms with Crippen LogP contribution in [0.4, 0.5) is 13.2 Å². The highest BCUT2D eigenvalue weighted by Crippen LogP contribution is 2.28. The van der Waals surface area contributed by atoms with E-state index in [0.29, 0.717) is 18.4 Å². The second-order valence-electron chi connectivity index (χ2n) is 5.32. The average molecular weight is 379 g/mol. The molecule has 0 unspecified atom stereocenters. The van der Waals surface area contributed by atoms with Crippen molar-refractivity contribution < 1.29 is 18.0 Å². The fourth-order valence-electron chi connectivity index (χ4n) is 2.10. The maximum Gasteiger partial charge on any atom is 0.416 e. The minimum absolute atomic E-state index is 0.0875. The number of halogens is 3. The molecule has 0 aliphatic heterocycles. The minimum Gasteiger partial charge on any atom is -0.329 e. The monoisotopic (exact) mass is 379 g/mol. The topological polar surface area (TPSA) is 49.9 Å². The van der Waals surface area contributed by atoms with Crippen molar-refractivity contribution in [3.8, 4) is 0 Å². The van der Waals surface area contributed by atoms with Crippen LogP contribution < -0.4 is 5.56 Å². The molecule has 0 amide bonds. The second kappa shape index (κ2) is 9.15. The Morgan fingerprint density at radius 1 is 1.04 bits per heavy atom. The molecule has 0 saturated heterocycles. The van der Waals surface area contributed by atoms with Gasteiger partial charge in [-0.25, -0.2) is 0 Å². The van der Waals surface area contributed by atoms with E-state index >= 15 is 0 Å². The summed E-state index contributed by atoms with van der Waals surface area (Å²) >= 11 is 1.50. The summed E-state index contributed by atoms with van der Waals surface area (Å²) in [7, 11) is 0. The van der Waals surface area contributed by atoms with E-state index in [-0.39, 0.29) is 11.3 Å². The van der Waals surface area contributed by atoms with Crippen molar-refractivity contribution in [2.75, 3.05) is 0 Å². The Morgan fingerprint density at radius 2 is 1.77 bits per heavy atom. The molecular formula is C19H16F3NO2S. The number of Topliss-reactive ketones (excluding diaryl/α,β-unsaturated/α-hetero) is 1. The number of carbonyl (C=O) groups is 1. The number of aromatic nitrogens is 1. The highest BCUT2D eigenvalue weighted by atomic mass is 32.1. The smallest absolute Gasteiger partial charge is 0.329 e. The van der Waals surface area contributed by atoms with Gasteiger partial charge in [0.25, 0.3) is 5.56 Å². The van der Waals surface area contributed by atoms with Crippen molar-refractivity contribution in [2.24, 2.45) is 0 Å². The largest absolute Gasteiger partial charge is 0.416 e. The lowest BCUT2D eigenvalue weighted by Gasteiger charge is -2.03. The number of ketones is 1. The van der Waals surface area contributed by atoms with Gasteiger partial charge >= 0.3 is 6.18 Å². The molecule has 1 N–H and O–H groups in total. The summed E-state index contributed by atoms with van der Waals surface area (Å²) < 4.78 is 35.4. The van der Waals surface area contributed by atoms with Gasteiger partial charge in [0.2, 0.25) is 0 Å². The Balaban J connectivity index is 0.000000209. The minimum atomic E-state index is -4.21. The van der Waals surface area contributed by atoms with E-state index in [4.69, 9.17) is 0 Å². The van der Waals surface area contributed by atoms with Gasteiger partial charge in [-0.05, 0) is 23.9 Å². The second-order valence-corrected chi connectivity index (χ2v) is 6.10. The van der Waals surface area contributed by atoms with Gasteiger partial charge in [0.1, 0.15) is 0 Å². The lowest BCUT2D eigenvalue weighted by Crippen LogP contribution is -2.12. The van der Waals surface area contributed by atoms with E-state index < -0.39 is 11.7 Å². The number of aryl methyl sites for hydroxylation is 1. The van der Waals surface area contributed by atoms with E-state index in [1.807, 2.05) is 16.8 Å². The molecule has 0 fully saturated rings. The summed E-state index contributed by atoms with van der Waals surface area (Å²) in [5, 5.41) is 3.71. The van der Waals surface area contributed by atoms with Gasteiger partial charge in [-0.1, -0.05) is 36.4 Å². The Bertz CT molecular complexity index is 872. The van der Waals surface area contributed by atoms with E-state index in [2.05, 4.69) is 4.98 Å². The maximum absolute atomic E-state index is 11.8. The first-order valence-electron chi connectivity index (χ1n) is 7.72. The molecule has 2 heterocycles. The van der Waals surface area contributed by atoms with Crippen LogP contribution in [0.5, 0.6) is 0 Å². The third kappa shape index (κ3) is 6.00. The van der Waals surface area contributed by atoms with Gasteiger partial charge in [-0.3, -0.25) is 9.59 Å². The predicted octanol–water partition coefficient (Wildman–Crippen LogP) is 4.96. The van der Waals surface area contributed by atoms with E-state index in [0.717, 1.165) is 17.7 Å². The van der Waals surface area contributed by atoms with Crippen molar-refractivity contribution in [3.05, 3.63) is 92.5 Å². The Kier molecular flexibility index (Phi) is 6.91. The summed E-state index contributed by atoms with van der Waals surface area (Å²) in [6.45, 7) is 0. The maximum atomic E-state index is 11.8. The summed E-state index contributed by atoms with van der Waals surface area (Å²) in [5.41, 5.74) is 0.680. The van der Waals surface area contributed by atoms with Gasteiger partial charge in [-0.15, -0.1) is 0 Å². The molecule has 0 bridgehead atoms. The fraction of sp³-hybridized carbons (Fsp3) is 0.158. The zero-order valence-corrected chi connectivity index (χ0v) is 14.4. The van der Waals surface area contributed by atoms with Crippen LogP contribution in [0.1, 0.15) is 27.9 Å². The van der Waals surface area contributed by atoms with E-state index in [1.165, 1.54) is 23.5 Å². The zero-order chi connectivity index (χ0) is 19.0. The molecule has 26 heavy (non-hydrogen) atoms. The standard InChI is InChI=1S/C12H11NO2S.C7H5F3/c14-11(10-5-7-16-8-10)4-3-9-2-1-6-13-12(9)15;8-7(9,10)6-4-2-1-3-5-6/h1-2,5-8H,3-4H2,(H,13,15);1-5H. The van der Waals surface area contributed by atoms with Crippen LogP contribution in [0, 0.1) is 0 Å². The number of hydrogen-bond acceptors (Lipinski definition) is 3.